The van der Waals surface area contributed by atoms with Crippen LogP contribution in [0.25, 0.3) is 0 Å². The molecule has 0 heterocycles. The fourth-order valence-electron chi connectivity index (χ4n) is 5.68. The monoisotopic (exact) mass is 280 g/mol. The van der Waals surface area contributed by atoms with Crippen molar-refractivity contribution in [2.24, 2.45) is 16.7 Å². The molecule has 0 aromatic carbocycles. The lowest BCUT2D eigenvalue weighted by Gasteiger charge is -2.65. The van der Waals surface area contributed by atoms with Gasteiger partial charge in [-0.2, -0.15) is 0 Å². The van der Waals surface area contributed by atoms with Crippen molar-refractivity contribution in [2.45, 2.75) is 57.5 Å². The van der Waals surface area contributed by atoms with Gasteiger partial charge in [0, 0.05) is 0 Å². The highest BCUT2D eigenvalue weighted by atomic mass is 35.9. The lowest BCUT2D eigenvalue weighted by molar-refractivity contribution is -0.0801. The van der Waals surface area contributed by atoms with Crippen LogP contribution in [0.3, 0.4) is 0 Å². The Hall–Kier alpha value is 0.810. The summed E-state index contributed by atoms with van der Waals surface area (Å²) in [6, 6.07) is 0. The summed E-state index contributed by atoms with van der Waals surface area (Å²) in [4.78, 5) is 0. The number of halogens is 2. The highest BCUT2D eigenvalue weighted by Gasteiger charge is 2.65. The third kappa shape index (κ3) is 1.54. The third-order valence-corrected chi connectivity index (χ3v) is 8.90. The minimum Gasteiger partial charge on any atom is -0.289 e. The molecule has 0 saturated heterocycles. The minimum atomic E-state index is -3.01. The van der Waals surface area contributed by atoms with E-state index in [-0.39, 0.29) is 5.16 Å². The average molecular weight is 281 g/mol. The van der Waals surface area contributed by atoms with E-state index < -0.39 is 5.85 Å². The van der Waals surface area contributed by atoms with Gasteiger partial charge in [-0.25, -0.2) is 0 Å². The van der Waals surface area contributed by atoms with E-state index in [1.807, 2.05) is 0 Å². The van der Waals surface area contributed by atoms with Crippen molar-refractivity contribution in [1.82, 2.24) is 0 Å². The largest absolute Gasteiger partial charge is 0.289 e. The van der Waals surface area contributed by atoms with Crippen molar-refractivity contribution in [3.05, 3.63) is 0 Å². The Kier molecular flexibility index (Phi) is 2.25. The van der Waals surface area contributed by atoms with E-state index in [9.17, 15) is 4.57 Å². The van der Waals surface area contributed by atoms with Gasteiger partial charge in [-0.1, -0.05) is 13.8 Å². The molecule has 16 heavy (non-hydrogen) atoms. The molecule has 0 aromatic rings. The normalized spacial score (nSPS) is 55.6. The maximum Gasteiger partial charge on any atom is 0.259 e. The van der Waals surface area contributed by atoms with Crippen LogP contribution < -0.4 is 0 Å². The quantitative estimate of drug-likeness (QED) is 0.587. The van der Waals surface area contributed by atoms with Gasteiger partial charge in [0.15, 0.2) is 0 Å². The van der Waals surface area contributed by atoms with Crippen LogP contribution in [0.4, 0.5) is 0 Å². The number of hydrogen-bond acceptors (Lipinski definition) is 1. The van der Waals surface area contributed by atoms with E-state index in [4.69, 9.17) is 22.5 Å². The molecule has 0 aromatic heterocycles. The molecule has 0 N–H and O–H groups in total. The first-order valence-electron chi connectivity index (χ1n) is 6.15. The Morgan fingerprint density at radius 1 is 1.00 bits per heavy atom. The Bertz CT molecular complexity index is 370. The first kappa shape index (κ1) is 11.9. The van der Waals surface area contributed by atoms with Crippen molar-refractivity contribution in [3.8, 4) is 0 Å². The Morgan fingerprint density at radius 2 is 1.50 bits per heavy atom. The molecule has 2 atom stereocenters. The average Bonchev–Trinajstić information content (AvgIpc) is 1.92. The van der Waals surface area contributed by atoms with Crippen molar-refractivity contribution in [1.29, 1.82) is 0 Å². The van der Waals surface area contributed by atoms with Gasteiger partial charge in [0.25, 0.3) is 5.85 Å². The van der Waals surface area contributed by atoms with Crippen LogP contribution in [-0.2, 0) is 4.57 Å². The van der Waals surface area contributed by atoms with Gasteiger partial charge < -0.3 is 0 Å². The molecule has 4 aliphatic rings. The van der Waals surface area contributed by atoms with Crippen LogP contribution in [0.2, 0.25) is 0 Å². The van der Waals surface area contributed by atoms with Gasteiger partial charge in [-0.05, 0) is 77.8 Å². The maximum atomic E-state index is 12.3. The highest BCUT2D eigenvalue weighted by Crippen LogP contribution is 2.81. The highest BCUT2D eigenvalue weighted by molar-refractivity contribution is 8.09. The first-order valence-corrected chi connectivity index (χ1v) is 9.67. The van der Waals surface area contributed by atoms with E-state index in [1.165, 1.54) is 19.3 Å². The molecular weight excluding hydrogens is 262 g/mol. The maximum absolute atomic E-state index is 12.3. The zero-order chi connectivity index (χ0) is 11.8. The van der Waals surface area contributed by atoms with Gasteiger partial charge in [-0.3, -0.25) is 4.57 Å². The van der Waals surface area contributed by atoms with E-state index in [0.29, 0.717) is 16.7 Å². The molecule has 0 amide bonds. The number of rotatable bonds is 1. The molecule has 4 rings (SSSR count). The summed E-state index contributed by atoms with van der Waals surface area (Å²) < 4.78 is 12.3. The molecule has 4 aliphatic carbocycles. The molecule has 0 unspecified atom stereocenters. The second-order valence-corrected chi connectivity index (χ2v) is 12.6. The molecule has 1 nitrogen and oxygen atoms in total. The molecule has 92 valence electrons. The van der Waals surface area contributed by atoms with E-state index >= 15 is 0 Å². The van der Waals surface area contributed by atoms with E-state index in [2.05, 4.69) is 13.8 Å². The SMILES string of the molecule is C[C@]12CC3CC(P(=O)(Cl)Cl)(C1)C[C@](C)(C3)C2. The lowest BCUT2D eigenvalue weighted by Crippen LogP contribution is -2.57. The smallest absolute Gasteiger partial charge is 0.259 e. The van der Waals surface area contributed by atoms with Crippen molar-refractivity contribution >= 4 is 28.3 Å². The zero-order valence-corrected chi connectivity index (χ0v) is 12.3. The molecule has 0 aliphatic heterocycles. The standard InChI is InChI=1S/C12H19Cl2OP/c1-10-3-9-4-11(2,6-10)8-12(5-9,7-10)16(13,14)15/h9H,3-8H2,1-2H3/t9?,10-,11-,12?/m1/s1. The van der Waals surface area contributed by atoms with Crippen molar-refractivity contribution in [2.75, 3.05) is 0 Å². The van der Waals surface area contributed by atoms with Gasteiger partial charge in [0.1, 0.15) is 0 Å². The zero-order valence-electron chi connectivity index (χ0n) is 9.93. The molecule has 4 heteroatoms. The molecular formula is C12H19Cl2OP. The van der Waals surface area contributed by atoms with Gasteiger partial charge in [0.2, 0.25) is 0 Å². The molecule has 4 saturated carbocycles. The first-order chi connectivity index (χ1) is 7.16. The van der Waals surface area contributed by atoms with Gasteiger partial charge >= 0.3 is 0 Å². The Labute approximate surface area is 107 Å². The Balaban J connectivity index is 2.08. The summed E-state index contributed by atoms with van der Waals surface area (Å²) in [5.74, 6) is -2.30. The van der Waals surface area contributed by atoms with Crippen molar-refractivity contribution in [3.63, 3.8) is 0 Å². The minimum absolute atomic E-state index is 0.251. The topological polar surface area (TPSA) is 17.1 Å². The number of hydrogen-bond donors (Lipinski definition) is 0. The van der Waals surface area contributed by atoms with Crippen LogP contribution >= 0.6 is 28.3 Å². The summed E-state index contributed by atoms with van der Waals surface area (Å²) in [5, 5.41) is -0.251. The van der Waals surface area contributed by atoms with Crippen molar-refractivity contribution < 1.29 is 4.57 Å². The summed E-state index contributed by atoms with van der Waals surface area (Å²) in [7, 11) is 0. The molecule has 0 spiro atoms. The lowest BCUT2D eigenvalue weighted by atomic mass is 9.45. The molecule has 4 bridgehead atoms. The third-order valence-electron chi connectivity index (χ3n) is 5.15. The fraction of sp³-hybridized carbons (Fsp3) is 1.00. The Morgan fingerprint density at radius 3 is 1.88 bits per heavy atom. The van der Waals surface area contributed by atoms with Gasteiger partial charge in [0.05, 0.1) is 5.16 Å². The van der Waals surface area contributed by atoms with Gasteiger partial charge in [-0.15, -0.1) is 0 Å². The fourth-order valence-corrected chi connectivity index (χ4v) is 8.41. The van der Waals surface area contributed by atoms with Crippen LogP contribution in [-0.4, -0.2) is 5.16 Å². The van der Waals surface area contributed by atoms with Crippen LogP contribution in [0.15, 0.2) is 0 Å². The molecule has 0 radical (unpaired) electrons. The van der Waals surface area contributed by atoms with Crippen LogP contribution in [0.1, 0.15) is 52.4 Å². The summed E-state index contributed by atoms with van der Waals surface area (Å²) in [6.07, 6.45) is 6.82. The van der Waals surface area contributed by atoms with Crippen LogP contribution in [0.5, 0.6) is 0 Å². The van der Waals surface area contributed by atoms with E-state index in [1.54, 1.807) is 0 Å². The summed E-state index contributed by atoms with van der Waals surface area (Å²) >= 11 is 12.2. The molecule has 4 fully saturated rings. The second-order valence-electron chi connectivity index (χ2n) is 7.32. The van der Waals surface area contributed by atoms with E-state index in [0.717, 1.165) is 19.3 Å². The summed E-state index contributed by atoms with van der Waals surface area (Å²) in [5.41, 5.74) is 0.682. The predicted octanol–water partition coefficient (Wildman–Crippen LogP) is 5.41. The van der Waals surface area contributed by atoms with Crippen LogP contribution in [0, 0.1) is 16.7 Å². The summed E-state index contributed by atoms with van der Waals surface area (Å²) in [6.45, 7) is 4.68. The second kappa shape index (κ2) is 3.03. The predicted molar refractivity (Wildman–Crippen MR) is 69.4 cm³/mol.